The van der Waals surface area contributed by atoms with Crippen LogP contribution in [0, 0.1) is 6.92 Å². The molecule has 0 spiro atoms. The summed E-state index contributed by atoms with van der Waals surface area (Å²) < 4.78 is 5.82. The van der Waals surface area contributed by atoms with Crippen LogP contribution in [0.5, 0.6) is 11.5 Å². The van der Waals surface area contributed by atoms with Crippen molar-refractivity contribution in [3.8, 4) is 11.5 Å². The monoisotopic (exact) mass is 226 g/mol. The van der Waals surface area contributed by atoms with Crippen LogP contribution in [0.25, 0.3) is 0 Å². The summed E-state index contributed by atoms with van der Waals surface area (Å²) in [6, 6.07) is 16.2. The lowest BCUT2D eigenvalue weighted by molar-refractivity contribution is 0.481. The average Bonchev–Trinajstić information content (AvgIpc) is 2.35. The molecule has 1 heteroatoms. The molecule has 0 aliphatic rings. The van der Waals surface area contributed by atoms with Crippen molar-refractivity contribution in [2.45, 2.75) is 26.7 Å². The summed E-state index contributed by atoms with van der Waals surface area (Å²) >= 11 is 0. The normalized spacial score (nSPS) is 10.2. The van der Waals surface area contributed by atoms with E-state index in [1.54, 1.807) is 0 Å². The minimum Gasteiger partial charge on any atom is -0.457 e. The van der Waals surface area contributed by atoms with Gasteiger partial charge in [-0.3, -0.25) is 0 Å². The summed E-state index contributed by atoms with van der Waals surface area (Å²) in [5.74, 6) is 1.81. The molecule has 0 bridgehead atoms. The molecule has 0 unspecified atom stereocenters. The van der Waals surface area contributed by atoms with Crippen molar-refractivity contribution in [2.75, 3.05) is 0 Å². The predicted octanol–water partition coefficient (Wildman–Crippen LogP) is 4.74. The Bertz CT molecular complexity index is 474. The third-order valence-electron chi connectivity index (χ3n) is 2.82. The number of benzene rings is 2. The van der Waals surface area contributed by atoms with Crippen molar-refractivity contribution < 1.29 is 4.74 Å². The van der Waals surface area contributed by atoms with Crippen LogP contribution in [0.3, 0.4) is 0 Å². The summed E-state index contributed by atoms with van der Waals surface area (Å²) in [6.07, 6.45) is 2.27. The predicted molar refractivity (Wildman–Crippen MR) is 71.7 cm³/mol. The Morgan fingerprint density at radius 1 is 0.941 bits per heavy atom. The maximum absolute atomic E-state index is 5.82. The molecule has 0 saturated carbocycles. The summed E-state index contributed by atoms with van der Waals surface area (Å²) in [5.41, 5.74) is 2.72. The summed E-state index contributed by atoms with van der Waals surface area (Å²) in [7, 11) is 0. The zero-order valence-corrected chi connectivity index (χ0v) is 10.4. The first-order chi connectivity index (χ1) is 8.29. The Labute approximate surface area is 103 Å². The molecule has 2 aromatic carbocycles. The lowest BCUT2D eigenvalue weighted by Gasteiger charge is -2.09. The molecule has 0 aliphatic carbocycles. The van der Waals surface area contributed by atoms with Gasteiger partial charge < -0.3 is 4.74 Å². The molecule has 2 rings (SSSR count). The van der Waals surface area contributed by atoms with E-state index in [-0.39, 0.29) is 0 Å². The molecular formula is C16H18O. The summed E-state index contributed by atoms with van der Waals surface area (Å²) in [5, 5.41) is 0. The highest BCUT2D eigenvalue weighted by molar-refractivity contribution is 5.38. The largest absolute Gasteiger partial charge is 0.457 e. The van der Waals surface area contributed by atoms with Crippen LogP contribution in [-0.4, -0.2) is 0 Å². The van der Waals surface area contributed by atoms with Crippen LogP contribution in [0.2, 0.25) is 0 Å². The summed E-state index contributed by atoms with van der Waals surface area (Å²) in [4.78, 5) is 0. The van der Waals surface area contributed by atoms with Gasteiger partial charge in [0.25, 0.3) is 0 Å². The molecule has 0 N–H and O–H groups in total. The standard InChI is InChI=1S/C16H18O/c1-3-7-14-12-16(11-10-13(14)2)17-15-8-5-4-6-9-15/h4-6,8-12H,3,7H2,1-2H3. The molecule has 2 aromatic rings. The molecule has 0 radical (unpaired) electrons. The molecule has 0 fully saturated rings. The molecule has 0 atom stereocenters. The first-order valence-corrected chi connectivity index (χ1v) is 6.12. The van der Waals surface area contributed by atoms with Crippen molar-refractivity contribution in [3.05, 3.63) is 59.7 Å². The fourth-order valence-corrected chi connectivity index (χ4v) is 1.87. The van der Waals surface area contributed by atoms with E-state index in [1.807, 2.05) is 36.4 Å². The number of rotatable bonds is 4. The van der Waals surface area contributed by atoms with E-state index in [2.05, 4.69) is 26.0 Å². The van der Waals surface area contributed by atoms with Crippen LogP contribution in [0.4, 0.5) is 0 Å². The van der Waals surface area contributed by atoms with Crippen LogP contribution >= 0.6 is 0 Å². The van der Waals surface area contributed by atoms with E-state index >= 15 is 0 Å². The van der Waals surface area contributed by atoms with Crippen LogP contribution in [-0.2, 0) is 6.42 Å². The third-order valence-corrected chi connectivity index (χ3v) is 2.82. The lowest BCUT2D eigenvalue weighted by atomic mass is 10.0. The SMILES string of the molecule is CCCc1cc(Oc2ccccc2)ccc1C. The Morgan fingerprint density at radius 2 is 1.71 bits per heavy atom. The van der Waals surface area contributed by atoms with Gasteiger partial charge in [-0.2, -0.15) is 0 Å². The van der Waals surface area contributed by atoms with Crippen molar-refractivity contribution in [3.63, 3.8) is 0 Å². The highest BCUT2D eigenvalue weighted by Crippen LogP contribution is 2.24. The van der Waals surface area contributed by atoms with Gasteiger partial charge in [0, 0.05) is 0 Å². The molecule has 17 heavy (non-hydrogen) atoms. The molecule has 0 aliphatic heterocycles. The van der Waals surface area contributed by atoms with Gasteiger partial charge in [-0.25, -0.2) is 0 Å². The molecule has 0 amide bonds. The highest BCUT2D eigenvalue weighted by atomic mass is 16.5. The van der Waals surface area contributed by atoms with E-state index in [0.29, 0.717) is 0 Å². The van der Waals surface area contributed by atoms with Crippen LogP contribution in [0.15, 0.2) is 48.5 Å². The number of para-hydroxylation sites is 1. The minimum absolute atomic E-state index is 0.888. The third kappa shape index (κ3) is 3.10. The maximum Gasteiger partial charge on any atom is 0.127 e. The van der Waals surface area contributed by atoms with Crippen LogP contribution < -0.4 is 4.74 Å². The van der Waals surface area contributed by atoms with Crippen molar-refractivity contribution >= 4 is 0 Å². The van der Waals surface area contributed by atoms with Gasteiger partial charge in [0.05, 0.1) is 0 Å². The van der Waals surface area contributed by atoms with Gasteiger partial charge in [-0.1, -0.05) is 37.6 Å². The molecule has 0 aromatic heterocycles. The fourth-order valence-electron chi connectivity index (χ4n) is 1.87. The van der Waals surface area contributed by atoms with Crippen molar-refractivity contribution in [1.29, 1.82) is 0 Å². The topological polar surface area (TPSA) is 9.23 Å². The number of ether oxygens (including phenoxy) is 1. The lowest BCUT2D eigenvalue weighted by Crippen LogP contribution is -1.91. The Hall–Kier alpha value is -1.76. The molecule has 1 nitrogen and oxygen atoms in total. The quantitative estimate of drug-likeness (QED) is 0.731. The Balaban J connectivity index is 2.19. The number of aryl methyl sites for hydroxylation is 2. The van der Waals surface area contributed by atoms with Gasteiger partial charge in [-0.15, -0.1) is 0 Å². The molecule has 0 heterocycles. The molecule has 0 saturated heterocycles. The Kier molecular flexibility index (Phi) is 3.81. The van der Waals surface area contributed by atoms with E-state index in [9.17, 15) is 0 Å². The smallest absolute Gasteiger partial charge is 0.127 e. The van der Waals surface area contributed by atoms with Gasteiger partial charge in [-0.05, 0) is 48.7 Å². The first-order valence-electron chi connectivity index (χ1n) is 6.12. The van der Waals surface area contributed by atoms with E-state index < -0.39 is 0 Å². The maximum atomic E-state index is 5.82. The number of hydrogen-bond acceptors (Lipinski definition) is 1. The molecule has 88 valence electrons. The first kappa shape index (κ1) is 11.7. The van der Waals surface area contributed by atoms with Crippen molar-refractivity contribution in [2.24, 2.45) is 0 Å². The molecular weight excluding hydrogens is 208 g/mol. The van der Waals surface area contributed by atoms with E-state index in [1.165, 1.54) is 11.1 Å². The zero-order valence-electron chi connectivity index (χ0n) is 10.4. The van der Waals surface area contributed by atoms with Gasteiger partial charge in [0.2, 0.25) is 0 Å². The average molecular weight is 226 g/mol. The van der Waals surface area contributed by atoms with Gasteiger partial charge in [0.1, 0.15) is 11.5 Å². The Morgan fingerprint density at radius 3 is 2.41 bits per heavy atom. The second kappa shape index (κ2) is 5.53. The van der Waals surface area contributed by atoms with Crippen molar-refractivity contribution in [1.82, 2.24) is 0 Å². The zero-order chi connectivity index (χ0) is 12.1. The highest BCUT2D eigenvalue weighted by Gasteiger charge is 2.01. The van der Waals surface area contributed by atoms with E-state index in [0.717, 1.165) is 24.3 Å². The number of hydrogen-bond donors (Lipinski definition) is 0. The van der Waals surface area contributed by atoms with Gasteiger partial charge in [0.15, 0.2) is 0 Å². The second-order valence-electron chi connectivity index (χ2n) is 4.25. The fraction of sp³-hybridized carbons (Fsp3) is 0.250. The van der Waals surface area contributed by atoms with Gasteiger partial charge >= 0.3 is 0 Å². The van der Waals surface area contributed by atoms with E-state index in [4.69, 9.17) is 4.74 Å². The van der Waals surface area contributed by atoms with Crippen LogP contribution in [0.1, 0.15) is 24.5 Å². The summed E-state index contributed by atoms with van der Waals surface area (Å²) in [6.45, 7) is 4.35. The second-order valence-corrected chi connectivity index (χ2v) is 4.25. The minimum atomic E-state index is 0.888.